The second kappa shape index (κ2) is 6.23. The Bertz CT molecular complexity index is 474. The van der Waals surface area contributed by atoms with E-state index in [1.165, 1.54) is 19.3 Å². The van der Waals surface area contributed by atoms with Crippen LogP contribution in [-0.2, 0) is 6.54 Å². The predicted molar refractivity (Wildman–Crippen MR) is 85.5 cm³/mol. The first-order valence-electron chi connectivity index (χ1n) is 7.59. The molecule has 3 rings (SSSR count). The smallest absolute Gasteiger partial charge is 0.0637 e. The highest BCUT2D eigenvalue weighted by Crippen LogP contribution is 2.35. The van der Waals surface area contributed by atoms with Crippen molar-refractivity contribution in [2.24, 2.45) is 5.92 Å². The lowest BCUT2D eigenvalue weighted by atomic mass is 10.0. The first kappa shape index (κ1) is 14.6. The quantitative estimate of drug-likeness (QED) is 0.905. The number of nitrogens with zero attached hydrogens (tertiary/aromatic N) is 1. The van der Waals surface area contributed by atoms with Gasteiger partial charge in [0.15, 0.2) is 0 Å². The van der Waals surface area contributed by atoms with Crippen molar-refractivity contribution in [3.63, 3.8) is 0 Å². The first-order chi connectivity index (χ1) is 9.69. The van der Waals surface area contributed by atoms with Crippen molar-refractivity contribution in [3.05, 3.63) is 33.8 Å². The van der Waals surface area contributed by atoms with Crippen molar-refractivity contribution >= 4 is 23.2 Å². The summed E-state index contributed by atoms with van der Waals surface area (Å²) in [6, 6.07) is 7.20. The average molecular weight is 313 g/mol. The van der Waals surface area contributed by atoms with E-state index in [0.717, 1.165) is 31.1 Å². The van der Waals surface area contributed by atoms with E-state index >= 15 is 0 Å². The summed E-state index contributed by atoms with van der Waals surface area (Å²) in [5.41, 5.74) is 1.15. The molecule has 1 aliphatic carbocycles. The van der Waals surface area contributed by atoms with Crippen LogP contribution < -0.4 is 5.32 Å². The van der Waals surface area contributed by atoms with Crippen molar-refractivity contribution in [2.75, 3.05) is 13.1 Å². The van der Waals surface area contributed by atoms with E-state index < -0.39 is 0 Å². The van der Waals surface area contributed by atoms with E-state index in [1.807, 2.05) is 12.1 Å². The molecule has 1 N–H and O–H groups in total. The first-order valence-corrected chi connectivity index (χ1v) is 8.35. The molecular weight excluding hydrogens is 291 g/mol. The molecule has 1 aromatic rings. The zero-order valence-corrected chi connectivity index (χ0v) is 13.4. The van der Waals surface area contributed by atoms with Gasteiger partial charge in [0.05, 0.1) is 10.0 Å². The predicted octanol–water partition coefficient (Wildman–Crippen LogP) is 3.96. The molecular formula is C16H22Cl2N2. The summed E-state index contributed by atoms with van der Waals surface area (Å²) in [4.78, 5) is 2.58. The summed E-state index contributed by atoms with van der Waals surface area (Å²) >= 11 is 12.5. The van der Waals surface area contributed by atoms with Crippen LogP contribution in [0.1, 0.15) is 31.7 Å². The van der Waals surface area contributed by atoms with Gasteiger partial charge in [0.25, 0.3) is 0 Å². The second-order valence-electron chi connectivity index (χ2n) is 6.06. The van der Waals surface area contributed by atoms with Gasteiger partial charge in [-0.05, 0) is 36.8 Å². The Morgan fingerprint density at radius 3 is 2.80 bits per heavy atom. The van der Waals surface area contributed by atoms with Crippen molar-refractivity contribution in [1.82, 2.24) is 10.2 Å². The lowest BCUT2D eigenvalue weighted by molar-refractivity contribution is 0.112. The molecule has 0 bridgehead atoms. The largest absolute Gasteiger partial charge is 0.311 e. The van der Waals surface area contributed by atoms with E-state index in [1.54, 1.807) is 0 Å². The van der Waals surface area contributed by atoms with Gasteiger partial charge in [0.2, 0.25) is 0 Å². The van der Waals surface area contributed by atoms with Gasteiger partial charge < -0.3 is 5.32 Å². The lowest BCUT2D eigenvalue weighted by Crippen LogP contribution is -2.56. The van der Waals surface area contributed by atoms with Gasteiger partial charge >= 0.3 is 0 Å². The summed E-state index contributed by atoms with van der Waals surface area (Å²) < 4.78 is 0. The van der Waals surface area contributed by atoms with Crippen molar-refractivity contribution in [1.29, 1.82) is 0 Å². The van der Waals surface area contributed by atoms with Crippen LogP contribution in [0.15, 0.2) is 18.2 Å². The number of benzene rings is 1. The number of rotatable bonds is 4. The molecule has 2 fully saturated rings. The standard InChI is InChI=1S/C16H22Cl2N2/c1-2-13-8-19-15(11-6-7-11)10-20(13)9-12-4-3-5-14(17)16(12)18/h3-5,11,13,15,19H,2,6-10H2,1H3. The molecule has 4 heteroatoms. The van der Waals surface area contributed by atoms with Gasteiger partial charge in [-0.2, -0.15) is 0 Å². The van der Waals surface area contributed by atoms with Crippen LogP contribution in [0.5, 0.6) is 0 Å². The van der Waals surface area contributed by atoms with Gasteiger partial charge in [-0.3, -0.25) is 4.90 Å². The molecule has 110 valence electrons. The number of hydrogen-bond donors (Lipinski definition) is 1. The normalized spacial score (nSPS) is 27.8. The summed E-state index contributed by atoms with van der Waals surface area (Å²) in [6.45, 7) is 5.39. The molecule has 0 aromatic heterocycles. The molecule has 0 amide bonds. The maximum Gasteiger partial charge on any atom is 0.0637 e. The molecule has 1 heterocycles. The fraction of sp³-hybridized carbons (Fsp3) is 0.625. The van der Waals surface area contributed by atoms with Crippen LogP contribution in [0, 0.1) is 5.92 Å². The fourth-order valence-corrected chi connectivity index (χ4v) is 3.56. The number of nitrogens with one attached hydrogen (secondary N) is 1. The Morgan fingerprint density at radius 2 is 2.10 bits per heavy atom. The zero-order valence-electron chi connectivity index (χ0n) is 11.9. The Morgan fingerprint density at radius 1 is 1.30 bits per heavy atom. The van der Waals surface area contributed by atoms with E-state index in [2.05, 4.69) is 23.2 Å². The number of halogens is 2. The third-order valence-corrected chi connectivity index (χ3v) is 5.49. The van der Waals surface area contributed by atoms with E-state index in [-0.39, 0.29) is 0 Å². The van der Waals surface area contributed by atoms with Crippen LogP contribution >= 0.6 is 23.2 Å². The summed E-state index contributed by atoms with van der Waals surface area (Å²) in [5, 5.41) is 5.09. The molecule has 2 aliphatic rings. The molecule has 0 spiro atoms. The third kappa shape index (κ3) is 3.14. The molecule has 0 radical (unpaired) electrons. The molecule has 1 aliphatic heterocycles. The monoisotopic (exact) mass is 312 g/mol. The zero-order chi connectivity index (χ0) is 14.1. The molecule has 1 saturated heterocycles. The SMILES string of the molecule is CCC1CNC(C2CC2)CN1Cc1cccc(Cl)c1Cl. The molecule has 2 atom stereocenters. The molecule has 1 aromatic carbocycles. The van der Waals surface area contributed by atoms with Gasteiger partial charge in [-0.15, -0.1) is 0 Å². The average Bonchev–Trinajstić information content (AvgIpc) is 3.28. The minimum atomic E-state index is 0.597. The van der Waals surface area contributed by atoms with Crippen LogP contribution in [0.25, 0.3) is 0 Å². The van der Waals surface area contributed by atoms with E-state index in [0.29, 0.717) is 22.1 Å². The topological polar surface area (TPSA) is 15.3 Å². The Balaban J connectivity index is 1.73. The summed E-state index contributed by atoms with van der Waals surface area (Å²) in [6.07, 6.45) is 3.95. The Kier molecular flexibility index (Phi) is 4.56. The molecule has 2 unspecified atom stereocenters. The lowest BCUT2D eigenvalue weighted by Gasteiger charge is -2.40. The van der Waals surface area contributed by atoms with Gasteiger partial charge in [-0.25, -0.2) is 0 Å². The van der Waals surface area contributed by atoms with E-state index in [4.69, 9.17) is 23.2 Å². The van der Waals surface area contributed by atoms with Crippen LogP contribution in [0.4, 0.5) is 0 Å². The van der Waals surface area contributed by atoms with Crippen molar-refractivity contribution in [2.45, 2.75) is 44.8 Å². The van der Waals surface area contributed by atoms with Gasteiger partial charge in [0, 0.05) is 31.7 Å². The highest BCUT2D eigenvalue weighted by molar-refractivity contribution is 6.42. The number of piperazine rings is 1. The highest BCUT2D eigenvalue weighted by Gasteiger charge is 2.36. The third-order valence-electron chi connectivity index (χ3n) is 4.63. The van der Waals surface area contributed by atoms with E-state index in [9.17, 15) is 0 Å². The van der Waals surface area contributed by atoms with Crippen molar-refractivity contribution in [3.8, 4) is 0 Å². The van der Waals surface area contributed by atoms with Crippen molar-refractivity contribution < 1.29 is 0 Å². The maximum atomic E-state index is 6.34. The second-order valence-corrected chi connectivity index (χ2v) is 6.84. The summed E-state index contributed by atoms with van der Waals surface area (Å²) in [7, 11) is 0. The molecule has 1 saturated carbocycles. The minimum Gasteiger partial charge on any atom is -0.311 e. The highest BCUT2D eigenvalue weighted by atomic mass is 35.5. The van der Waals surface area contributed by atoms with Crippen LogP contribution in [0.3, 0.4) is 0 Å². The van der Waals surface area contributed by atoms with Gasteiger partial charge in [0.1, 0.15) is 0 Å². The van der Waals surface area contributed by atoms with Gasteiger partial charge in [-0.1, -0.05) is 42.3 Å². The minimum absolute atomic E-state index is 0.597. The Labute approximate surface area is 131 Å². The molecule has 20 heavy (non-hydrogen) atoms. The number of hydrogen-bond acceptors (Lipinski definition) is 2. The maximum absolute atomic E-state index is 6.34. The Hall–Kier alpha value is -0.280. The van der Waals surface area contributed by atoms with Crippen LogP contribution in [-0.4, -0.2) is 30.1 Å². The molecule has 2 nitrogen and oxygen atoms in total. The fourth-order valence-electron chi connectivity index (χ4n) is 3.18. The summed E-state index contributed by atoms with van der Waals surface area (Å²) in [5.74, 6) is 0.894. The van der Waals surface area contributed by atoms with Crippen LogP contribution in [0.2, 0.25) is 10.0 Å².